The minimum Gasteiger partial charge on any atom is -0.360 e. The van der Waals surface area contributed by atoms with Crippen molar-refractivity contribution in [2.45, 2.75) is 6.92 Å². The summed E-state index contributed by atoms with van der Waals surface area (Å²) in [5, 5.41) is 0.483. The highest BCUT2D eigenvalue weighted by molar-refractivity contribution is 5.96. The third-order valence-corrected chi connectivity index (χ3v) is 2.34. The fourth-order valence-electron chi connectivity index (χ4n) is 1.53. The molecule has 0 fully saturated rings. The lowest BCUT2D eigenvalue weighted by Crippen LogP contribution is -2.29. The fourth-order valence-corrected chi connectivity index (χ4v) is 1.53. The number of H-pyrrole nitrogens is 1. The second kappa shape index (κ2) is 4.80. The molecule has 5 nitrogen and oxygen atoms in total. The van der Waals surface area contributed by atoms with Crippen LogP contribution in [-0.4, -0.2) is 17.5 Å². The predicted molar refractivity (Wildman–Crippen MR) is 63.7 cm³/mol. The Morgan fingerprint density at radius 3 is 2.94 bits per heavy atom. The topological polar surface area (TPSA) is 71.2 Å². The summed E-state index contributed by atoms with van der Waals surface area (Å²) in [6, 6.07) is 7.02. The van der Waals surface area contributed by atoms with E-state index < -0.39 is 5.91 Å². The molecule has 2 rings (SSSR count). The van der Waals surface area contributed by atoms with Gasteiger partial charge in [-0.05, 0) is 19.1 Å². The van der Waals surface area contributed by atoms with Crippen molar-refractivity contribution < 1.29 is 9.63 Å². The molecule has 2 N–H and O–H groups in total. The number of rotatable bonds is 3. The zero-order valence-corrected chi connectivity index (χ0v) is 9.32. The number of fused-ring (bicyclic) bond motifs is 1. The molecular weight excluding hydrogens is 220 g/mol. The van der Waals surface area contributed by atoms with Gasteiger partial charge in [0.05, 0.1) is 6.61 Å². The number of hydrogen-bond donors (Lipinski definition) is 2. The van der Waals surface area contributed by atoms with Gasteiger partial charge in [0, 0.05) is 17.1 Å². The van der Waals surface area contributed by atoms with Gasteiger partial charge in [-0.2, -0.15) is 0 Å². The molecular formula is C12H12N2O3. The van der Waals surface area contributed by atoms with Gasteiger partial charge >= 0.3 is 0 Å². The molecule has 0 spiro atoms. The summed E-state index contributed by atoms with van der Waals surface area (Å²) < 4.78 is 0. The van der Waals surface area contributed by atoms with Crippen LogP contribution in [-0.2, 0) is 4.84 Å². The van der Waals surface area contributed by atoms with Crippen molar-refractivity contribution in [1.82, 2.24) is 10.5 Å². The number of hydroxylamine groups is 1. The first-order valence-corrected chi connectivity index (χ1v) is 5.26. The molecule has 0 aliphatic rings. The summed E-state index contributed by atoms with van der Waals surface area (Å²) in [4.78, 5) is 31.3. The molecule has 88 valence electrons. The van der Waals surface area contributed by atoms with Gasteiger partial charge in [0.25, 0.3) is 5.91 Å². The smallest absolute Gasteiger partial charge is 0.280 e. The Morgan fingerprint density at radius 2 is 2.18 bits per heavy atom. The fraction of sp³-hybridized carbons (Fsp3) is 0.167. The van der Waals surface area contributed by atoms with Crippen molar-refractivity contribution in [3.05, 3.63) is 46.2 Å². The van der Waals surface area contributed by atoms with E-state index in [0.29, 0.717) is 17.5 Å². The van der Waals surface area contributed by atoms with E-state index >= 15 is 0 Å². The van der Waals surface area contributed by atoms with Crippen LogP contribution in [0.4, 0.5) is 0 Å². The molecule has 1 aromatic carbocycles. The Kier molecular flexibility index (Phi) is 3.20. The third kappa shape index (κ3) is 2.19. The van der Waals surface area contributed by atoms with E-state index in [2.05, 4.69) is 10.5 Å². The molecule has 0 radical (unpaired) electrons. The Labute approximate surface area is 97.4 Å². The molecule has 0 unspecified atom stereocenters. The van der Waals surface area contributed by atoms with Gasteiger partial charge in [-0.25, -0.2) is 5.48 Å². The first kappa shape index (κ1) is 11.3. The molecule has 0 atom stereocenters. The zero-order chi connectivity index (χ0) is 12.3. The number of carbonyl (C=O) groups excluding carboxylic acids is 1. The van der Waals surface area contributed by atoms with Crippen molar-refractivity contribution in [3.8, 4) is 0 Å². The Bertz CT molecular complexity index is 604. The first-order valence-electron chi connectivity index (χ1n) is 5.26. The van der Waals surface area contributed by atoms with E-state index in [4.69, 9.17) is 4.84 Å². The third-order valence-electron chi connectivity index (χ3n) is 2.34. The monoisotopic (exact) mass is 232 g/mol. The lowest BCUT2D eigenvalue weighted by Gasteiger charge is -2.04. The zero-order valence-electron chi connectivity index (χ0n) is 9.32. The minimum absolute atomic E-state index is 0.0390. The maximum atomic E-state index is 12.0. The predicted octanol–water partition coefficient (Wildman–Crippen LogP) is 1.21. The minimum atomic E-state index is -0.543. The van der Waals surface area contributed by atoms with Crippen LogP contribution >= 0.6 is 0 Å². The summed E-state index contributed by atoms with van der Waals surface area (Å²) >= 11 is 0. The second-order valence-corrected chi connectivity index (χ2v) is 3.44. The van der Waals surface area contributed by atoms with Gasteiger partial charge in [0.2, 0.25) is 5.43 Å². The number of carbonyl (C=O) groups is 1. The highest BCUT2D eigenvalue weighted by atomic mass is 16.6. The average molecular weight is 232 g/mol. The quantitative estimate of drug-likeness (QED) is 0.781. The Hall–Kier alpha value is -2.14. The van der Waals surface area contributed by atoms with E-state index in [9.17, 15) is 9.59 Å². The van der Waals surface area contributed by atoms with E-state index in [1.807, 2.05) is 6.07 Å². The van der Waals surface area contributed by atoms with Crippen LogP contribution < -0.4 is 10.9 Å². The molecule has 0 saturated heterocycles. The van der Waals surface area contributed by atoms with Crippen LogP contribution in [0.15, 0.2) is 35.3 Å². The number of pyridine rings is 1. The van der Waals surface area contributed by atoms with Crippen molar-refractivity contribution in [2.75, 3.05) is 6.61 Å². The Balaban J connectivity index is 2.46. The number of benzene rings is 1. The number of nitrogens with one attached hydrogen (secondary N) is 2. The van der Waals surface area contributed by atoms with Crippen LogP contribution in [0.1, 0.15) is 17.3 Å². The number of para-hydroxylation sites is 1. The summed E-state index contributed by atoms with van der Waals surface area (Å²) in [5.74, 6) is -0.543. The van der Waals surface area contributed by atoms with Crippen molar-refractivity contribution in [2.24, 2.45) is 0 Å². The lowest BCUT2D eigenvalue weighted by molar-refractivity contribution is 0.0363. The number of amides is 1. The van der Waals surface area contributed by atoms with Crippen LogP contribution in [0.2, 0.25) is 0 Å². The average Bonchev–Trinajstić information content (AvgIpc) is 2.37. The van der Waals surface area contributed by atoms with Gasteiger partial charge in [-0.3, -0.25) is 14.4 Å². The molecule has 1 heterocycles. The maximum absolute atomic E-state index is 12.0. The van der Waals surface area contributed by atoms with E-state index in [0.717, 1.165) is 0 Å². The molecule has 2 aromatic rings. The van der Waals surface area contributed by atoms with Gasteiger partial charge in [0.1, 0.15) is 5.56 Å². The van der Waals surface area contributed by atoms with Crippen LogP contribution in [0, 0.1) is 0 Å². The molecule has 0 aliphatic carbocycles. The molecule has 1 aromatic heterocycles. The maximum Gasteiger partial charge on any atom is 0.280 e. The van der Waals surface area contributed by atoms with Crippen LogP contribution in [0.5, 0.6) is 0 Å². The second-order valence-electron chi connectivity index (χ2n) is 3.44. The highest BCUT2D eigenvalue weighted by Gasteiger charge is 2.12. The number of aromatic amines is 1. The van der Waals surface area contributed by atoms with E-state index in [1.54, 1.807) is 25.1 Å². The van der Waals surface area contributed by atoms with Gasteiger partial charge in [0.15, 0.2) is 0 Å². The summed E-state index contributed by atoms with van der Waals surface area (Å²) in [7, 11) is 0. The highest BCUT2D eigenvalue weighted by Crippen LogP contribution is 2.06. The summed E-state index contributed by atoms with van der Waals surface area (Å²) in [6.07, 6.45) is 1.39. The molecule has 17 heavy (non-hydrogen) atoms. The SMILES string of the molecule is CCONC(=O)c1c[nH]c2ccccc2c1=O. The lowest BCUT2D eigenvalue weighted by atomic mass is 10.1. The summed E-state index contributed by atoms with van der Waals surface area (Å²) in [5.41, 5.74) is 2.62. The van der Waals surface area contributed by atoms with E-state index in [-0.39, 0.29) is 11.0 Å². The van der Waals surface area contributed by atoms with E-state index in [1.165, 1.54) is 6.20 Å². The molecule has 0 bridgehead atoms. The molecule has 0 saturated carbocycles. The van der Waals surface area contributed by atoms with Crippen molar-refractivity contribution in [1.29, 1.82) is 0 Å². The molecule has 5 heteroatoms. The summed E-state index contributed by atoms with van der Waals surface area (Å²) in [6.45, 7) is 2.09. The normalized spacial score (nSPS) is 10.4. The van der Waals surface area contributed by atoms with Crippen molar-refractivity contribution >= 4 is 16.8 Å². The Morgan fingerprint density at radius 1 is 1.41 bits per heavy atom. The molecule has 1 amide bonds. The number of hydrogen-bond acceptors (Lipinski definition) is 3. The molecule has 0 aliphatic heterocycles. The standard InChI is InChI=1S/C12H12N2O3/c1-2-17-14-12(16)9-7-13-10-6-4-3-5-8(10)11(9)15/h3-7H,2H2,1H3,(H,13,15)(H,14,16). The first-order chi connectivity index (χ1) is 8.24. The van der Waals surface area contributed by atoms with Crippen LogP contribution in [0.3, 0.4) is 0 Å². The van der Waals surface area contributed by atoms with Crippen LogP contribution in [0.25, 0.3) is 10.9 Å². The van der Waals surface area contributed by atoms with Crippen molar-refractivity contribution in [3.63, 3.8) is 0 Å². The van der Waals surface area contributed by atoms with Gasteiger partial charge < -0.3 is 4.98 Å². The van der Waals surface area contributed by atoms with Gasteiger partial charge in [-0.15, -0.1) is 0 Å². The van der Waals surface area contributed by atoms with Gasteiger partial charge in [-0.1, -0.05) is 12.1 Å². The largest absolute Gasteiger partial charge is 0.360 e. The number of aromatic nitrogens is 1.